The molecule has 2 rings (SSSR count). The molecule has 0 spiro atoms. The Bertz CT molecular complexity index is 583. The molecule has 2 N–H and O–H groups in total. The van der Waals surface area contributed by atoms with E-state index in [1.54, 1.807) is 6.92 Å². The number of hydrogen-bond acceptors (Lipinski definition) is 3. The summed E-state index contributed by atoms with van der Waals surface area (Å²) in [6, 6.07) is 5.53. The highest BCUT2D eigenvalue weighted by Gasteiger charge is 2.22. The molecule has 1 heterocycles. The molecule has 0 aliphatic carbocycles. The van der Waals surface area contributed by atoms with E-state index in [4.69, 9.17) is 9.79 Å². The molecule has 0 saturated carbocycles. The van der Waals surface area contributed by atoms with Gasteiger partial charge in [-0.1, -0.05) is 12.1 Å². The van der Waals surface area contributed by atoms with Crippen molar-refractivity contribution in [3.63, 3.8) is 0 Å². The Balaban J connectivity index is 2.41. The lowest BCUT2D eigenvalue weighted by atomic mass is 10.0. The van der Waals surface area contributed by atoms with Gasteiger partial charge in [0, 0.05) is 0 Å². The first kappa shape index (κ1) is 11.9. The van der Waals surface area contributed by atoms with Crippen LogP contribution in [0.2, 0.25) is 0 Å². The van der Waals surface area contributed by atoms with E-state index in [-0.39, 0.29) is 5.30 Å². The number of rotatable bonds is 2. The summed E-state index contributed by atoms with van der Waals surface area (Å²) in [5.41, 5.74) is 1.41. The van der Waals surface area contributed by atoms with E-state index in [2.05, 4.69) is 10.2 Å². The monoisotopic (exact) mass is 252 g/mol. The highest BCUT2D eigenvalue weighted by molar-refractivity contribution is 7.60. The van der Waals surface area contributed by atoms with Gasteiger partial charge < -0.3 is 9.79 Å². The van der Waals surface area contributed by atoms with Crippen molar-refractivity contribution in [3.8, 4) is 0 Å². The molecule has 0 unspecified atom stereocenters. The molecular formula is C10H9N2O4P. The van der Waals surface area contributed by atoms with Crippen molar-refractivity contribution in [1.29, 1.82) is 0 Å². The number of benzene rings is 1. The van der Waals surface area contributed by atoms with E-state index >= 15 is 0 Å². The fraction of sp³-hybridized carbons (Fsp3) is 0.100. The number of hydrogen-bond donors (Lipinski definition) is 2. The van der Waals surface area contributed by atoms with Crippen LogP contribution in [0.4, 0.5) is 0 Å². The molecule has 1 amide bonds. The summed E-state index contributed by atoms with van der Waals surface area (Å²) in [5.74, 6) is -0.438. The Morgan fingerprint density at radius 1 is 1.12 bits per heavy atom. The fourth-order valence-electron chi connectivity index (χ4n) is 1.53. The number of carbonyl (C=O) groups excluding carboxylic acids is 1. The Morgan fingerprint density at radius 2 is 1.71 bits per heavy atom. The van der Waals surface area contributed by atoms with Crippen LogP contribution in [-0.4, -0.2) is 15.7 Å². The van der Waals surface area contributed by atoms with E-state index in [0.717, 1.165) is 0 Å². The van der Waals surface area contributed by atoms with Crippen LogP contribution in [0.25, 0.3) is 5.57 Å². The maximum atomic E-state index is 11.4. The maximum Gasteiger partial charge on any atom is 0.356 e. The van der Waals surface area contributed by atoms with Gasteiger partial charge in [0.05, 0.1) is 16.6 Å². The molecule has 0 fully saturated rings. The van der Waals surface area contributed by atoms with E-state index in [9.17, 15) is 9.36 Å². The second-order valence-corrected chi connectivity index (χ2v) is 5.16. The van der Waals surface area contributed by atoms with Crippen LogP contribution in [0.15, 0.2) is 40.2 Å². The normalized spacial score (nSPS) is 15.8. The van der Waals surface area contributed by atoms with Crippen molar-refractivity contribution in [2.75, 3.05) is 0 Å². The highest BCUT2D eigenvalue weighted by Crippen LogP contribution is 2.34. The van der Waals surface area contributed by atoms with Gasteiger partial charge in [0.2, 0.25) is 0 Å². The molecule has 1 aliphatic rings. The maximum absolute atomic E-state index is 11.4. The van der Waals surface area contributed by atoms with E-state index < -0.39 is 13.5 Å². The lowest BCUT2D eigenvalue weighted by Crippen LogP contribution is -2.04. The topological polar surface area (TPSA) is 99.3 Å². The molecule has 6 nitrogen and oxygen atoms in total. The summed E-state index contributed by atoms with van der Waals surface area (Å²) in [6.07, 6.45) is 0. The van der Waals surface area contributed by atoms with Gasteiger partial charge in [0.1, 0.15) is 0 Å². The summed E-state index contributed by atoms with van der Waals surface area (Å²) >= 11 is 0. The summed E-state index contributed by atoms with van der Waals surface area (Å²) in [4.78, 5) is 29.3. The second-order valence-electron chi connectivity index (χ2n) is 3.56. The number of allylic oxidation sites excluding steroid dienone is 1. The number of amides is 1. The first-order valence-electron chi connectivity index (χ1n) is 4.73. The minimum Gasteiger partial charge on any atom is -0.321 e. The Labute approximate surface area is 96.9 Å². The first-order chi connectivity index (χ1) is 7.89. The SMILES string of the molecule is CC1=C(c2ccc(P(=O)(O)O)cc2)C(=O)N=N1. The number of nitrogens with zero attached hydrogens (tertiary/aromatic N) is 2. The van der Waals surface area contributed by atoms with Crippen molar-refractivity contribution in [2.45, 2.75) is 6.92 Å². The Hall–Kier alpha value is -1.62. The van der Waals surface area contributed by atoms with Crippen LogP contribution in [-0.2, 0) is 9.36 Å². The van der Waals surface area contributed by atoms with Gasteiger partial charge in [-0.05, 0) is 24.6 Å². The van der Waals surface area contributed by atoms with Crippen molar-refractivity contribution in [2.24, 2.45) is 10.2 Å². The Kier molecular flexibility index (Phi) is 2.79. The zero-order valence-electron chi connectivity index (χ0n) is 8.86. The summed E-state index contributed by atoms with van der Waals surface area (Å²) < 4.78 is 11.0. The number of carbonyl (C=O) groups is 1. The quantitative estimate of drug-likeness (QED) is 0.772. The van der Waals surface area contributed by atoms with Crippen molar-refractivity contribution < 1.29 is 19.1 Å². The molecule has 0 radical (unpaired) electrons. The molecule has 17 heavy (non-hydrogen) atoms. The standard InChI is InChI=1S/C10H9N2O4P/c1-6-9(10(13)12-11-6)7-2-4-8(5-3-7)17(14,15)16/h2-5H,1H3,(H2,14,15,16). The third-order valence-corrected chi connectivity index (χ3v) is 3.33. The van der Waals surface area contributed by atoms with Gasteiger partial charge in [0.25, 0.3) is 5.91 Å². The first-order valence-corrected chi connectivity index (χ1v) is 6.34. The van der Waals surface area contributed by atoms with E-state index in [1.165, 1.54) is 24.3 Å². The van der Waals surface area contributed by atoms with Gasteiger partial charge in [0.15, 0.2) is 0 Å². The third-order valence-electron chi connectivity index (χ3n) is 2.36. The molecule has 88 valence electrons. The zero-order chi connectivity index (χ0) is 12.6. The Morgan fingerprint density at radius 3 is 2.12 bits per heavy atom. The van der Waals surface area contributed by atoms with Crippen LogP contribution in [0.1, 0.15) is 12.5 Å². The molecule has 1 aromatic carbocycles. The second kappa shape index (κ2) is 4.00. The van der Waals surface area contributed by atoms with Gasteiger partial charge in [-0.25, -0.2) is 0 Å². The van der Waals surface area contributed by atoms with E-state index in [1.807, 2.05) is 0 Å². The van der Waals surface area contributed by atoms with Gasteiger partial charge >= 0.3 is 7.60 Å². The fourth-order valence-corrected chi connectivity index (χ4v) is 2.07. The zero-order valence-corrected chi connectivity index (χ0v) is 9.76. The lowest BCUT2D eigenvalue weighted by Gasteiger charge is -2.05. The minimum absolute atomic E-state index is 0.0844. The smallest absolute Gasteiger partial charge is 0.321 e. The predicted octanol–water partition coefficient (Wildman–Crippen LogP) is 1.21. The molecule has 0 saturated heterocycles. The van der Waals surface area contributed by atoms with Gasteiger partial charge in [-0.3, -0.25) is 9.36 Å². The largest absolute Gasteiger partial charge is 0.356 e. The molecule has 1 aliphatic heterocycles. The van der Waals surface area contributed by atoms with Crippen LogP contribution in [0.5, 0.6) is 0 Å². The van der Waals surface area contributed by atoms with Crippen molar-refractivity contribution >= 4 is 24.4 Å². The average molecular weight is 252 g/mol. The molecular weight excluding hydrogens is 243 g/mol. The van der Waals surface area contributed by atoms with Gasteiger partial charge in [-0.2, -0.15) is 5.11 Å². The van der Waals surface area contributed by atoms with Crippen LogP contribution >= 0.6 is 7.60 Å². The average Bonchev–Trinajstić information content (AvgIpc) is 2.58. The highest BCUT2D eigenvalue weighted by atomic mass is 31.2. The summed E-state index contributed by atoms with van der Waals surface area (Å²) in [5, 5.41) is 6.97. The number of azo groups is 1. The minimum atomic E-state index is -4.25. The van der Waals surface area contributed by atoms with E-state index in [0.29, 0.717) is 16.8 Å². The predicted molar refractivity (Wildman–Crippen MR) is 60.6 cm³/mol. The van der Waals surface area contributed by atoms with Crippen molar-refractivity contribution in [1.82, 2.24) is 0 Å². The molecule has 7 heteroatoms. The summed E-state index contributed by atoms with van der Waals surface area (Å²) in [7, 11) is -4.25. The molecule has 1 aromatic rings. The van der Waals surface area contributed by atoms with Crippen LogP contribution in [0.3, 0.4) is 0 Å². The molecule has 0 aromatic heterocycles. The lowest BCUT2D eigenvalue weighted by molar-refractivity contribution is -0.112. The van der Waals surface area contributed by atoms with Crippen molar-refractivity contribution in [3.05, 3.63) is 35.5 Å². The van der Waals surface area contributed by atoms with Crippen LogP contribution < -0.4 is 5.30 Å². The third kappa shape index (κ3) is 2.24. The molecule has 0 atom stereocenters. The van der Waals surface area contributed by atoms with Crippen LogP contribution in [0, 0.1) is 0 Å². The van der Waals surface area contributed by atoms with Gasteiger partial charge in [-0.15, -0.1) is 5.11 Å². The molecule has 0 bridgehead atoms. The summed E-state index contributed by atoms with van der Waals surface area (Å²) in [6.45, 7) is 1.65.